The first-order valence-corrected chi connectivity index (χ1v) is 8.75. The van der Waals surface area contributed by atoms with Gasteiger partial charge in [-0.15, -0.1) is 0 Å². The number of nitrogens with one attached hydrogen (secondary N) is 1. The van der Waals surface area contributed by atoms with Gasteiger partial charge in [0.1, 0.15) is 6.33 Å². The summed E-state index contributed by atoms with van der Waals surface area (Å²) in [6.45, 7) is 4.65. The summed E-state index contributed by atoms with van der Waals surface area (Å²) >= 11 is 0. The van der Waals surface area contributed by atoms with Crippen molar-refractivity contribution < 1.29 is 4.74 Å². The average Bonchev–Trinajstić information content (AvgIpc) is 2.70. The van der Waals surface area contributed by atoms with Crippen molar-refractivity contribution in [2.24, 2.45) is 0 Å². The highest BCUT2D eigenvalue weighted by molar-refractivity contribution is 5.61. The van der Waals surface area contributed by atoms with Crippen LogP contribution in [0.25, 0.3) is 11.4 Å². The van der Waals surface area contributed by atoms with Gasteiger partial charge in [0.2, 0.25) is 5.95 Å². The first kappa shape index (κ1) is 16.5. The highest BCUT2D eigenvalue weighted by Crippen LogP contribution is 2.23. The average molecular weight is 347 g/mol. The molecule has 1 aliphatic heterocycles. The Labute approximate surface area is 152 Å². The lowest BCUT2D eigenvalue weighted by molar-refractivity contribution is 0.0989. The van der Waals surface area contributed by atoms with Gasteiger partial charge < -0.3 is 15.0 Å². The van der Waals surface area contributed by atoms with E-state index in [2.05, 4.69) is 44.2 Å². The fourth-order valence-corrected chi connectivity index (χ4v) is 3.06. The predicted molar refractivity (Wildman–Crippen MR) is 103 cm³/mol. The Morgan fingerprint density at radius 1 is 1.04 bits per heavy atom. The van der Waals surface area contributed by atoms with E-state index in [-0.39, 0.29) is 0 Å². The van der Waals surface area contributed by atoms with E-state index in [1.54, 1.807) is 0 Å². The summed E-state index contributed by atoms with van der Waals surface area (Å²) in [5, 5.41) is 3.25. The zero-order chi connectivity index (χ0) is 17.8. The molecule has 4 rings (SSSR count). The minimum Gasteiger partial charge on any atom is -0.377 e. The minimum atomic E-state index is 0.388. The van der Waals surface area contributed by atoms with Crippen LogP contribution in [0.5, 0.6) is 0 Å². The Kier molecular flexibility index (Phi) is 4.75. The van der Waals surface area contributed by atoms with Gasteiger partial charge in [-0.25, -0.2) is 9.97 Å². The Hall–Kier alpha value is -2.99. The van der Waals surface area contributed by atoms with E-state index in [1.807, 2.05) is 42.5 Å². The number of hydrogen-bond donors (Lipinski definition) is 1. The normalized spacial score (nSPS) is 17.1. The van der Waals surface area contributed by atoms with Crippen molar-refractivity contribution >= 4 is 17.3 Å². The molecule has 6 heteroatoms. The second-order valence-electron chi connectivity index (χ2n) is 6.29. The fraction of sp³-hybridized carbons (Fsp3) is 0.250. The van der Waals surface area contributed by atoms with Crippen molar-refractivity contribution in [3.63, 3.8) is 0 Å². The SMILES string of the molecule is CC1COCCN1c1ccc(Nc2ncnc(-c3ccccc3)n2)cc1. The standard InChI is InChI=1S/C20H21N5O/c1-15-13-26-12-11-25(15)18-9-7-17(8-10-18)23-20-22-14-21-19(24-20)16-5-3-2-4-6-16/h2-10,14-15H,11-13H2,1H3,(H,21,22,23,24). The largest absolute Gasteiger partial charge is 0.377 e. The Balaban J connectivity index is 1.49. The third-order valence-electron chi connectivity index (χ3n) is 4.43. The number of benzene rings is 2. The number of anilines is 3. The number of nitrogens with zero attached hydrogens (tertiary/aromatic N) is 4. The number of aromatic nitrogens is 3. The van der Waals surface area contributed by atoms with Crippen LogP contribution in [0.1, 0.15) is 6.92 Å². The van der Waals surface area contributed by atoms with Gasteiger partial charge in [-0.1, -0.05) is 30.3 Å². The molecule has 0 radical (unpaired) electrons. The molecule has 6 nitrogen and oxygen atoms in total. The zero-order valence-electron chi connectivity index (χ0n) is 14.7. The van der Waals surface area contributed by atoms with E-state index in [1.165, 1.54) is 12.0 Å². The molecule has 132 valence electrons. The van der Waals surface area contributed by atoms with Gasteiger partial charge in [0.25, 0.3) is 0 Å². The molecule has 1 aromatic heterocycles. The third kappa shape index (κ3) is 3.65. The molecule has 2 aromatic carbocycles. The van der Waals surface area contributed by atoms with Gasteiger partial charge in [-0.05, 0) is 31.2 Å². The number of ether oxygens (including phenoxy) is 1. The molecule has 1 fully saturated rings. The summed E-state index contributed by atoms with van der Waals surface area (Å²) < 4.78 is 5.51. The van der Waals surface area contributed by atoms with Crippen molar-refractivity contribution in [1.29, 1.82) is 0 Å². The molecule has 0 aliphatic carbocycles. The van der Waals surface area contributed by atoms with Gasteiger partial charge in [0, 0.05) is 29.5 Å². The maximum atomic E-state index is 5.51. The lowest BCUT2D eigenvalue weighted by atomic mass is 10.2. The summed E-state index contributed by atoms with van der Waals surface area (Å²) in [6.07, 6.45) is 1.53. The smallest absolute Gasteiger partial charge is 0.230 e. The van der Waals surface area contributed by atoms with Crippen LogP contribution in [0.2, 0.25) is 0 Å². The number of hydrogen-bond acceptors (Lipinski definition) is 6. The maximum absolute atomic E-state index is 5.51. The van der Waals surface area contributed by atoms with E-state index < -0.39 is 0 Å². The lowest BCUT2D eigenvalue weighted by Crippen LogP contribution is -2.43. The van der Waals surface area contributed by atoms with Crippen LogP contribution in [-0.2, 0) is 4.74 Å². The molecule has 0 spiro atoms. The summed E-state index contributed by atoms with van der Waals surface area (Å²) in [5.41, 5.74) is 3.11. The molecule has 1 unspecified atom stereocenters. The van der Waals surface area contributed by atoms with Crippen LogP contribution >= 0.6 is 0 Å². The van der Waals surface area contributed by atoms with Crippen molar-refractivity contribution in [1.82, 2.24) is 15.0 Å². The monoisotopic (exact) mass is 347 g/mol. The van der Waals surface area contributed by atoms with Crippen molar-refractivity contribution in [3.8, 4) is 11.4 Å². The first-order valence-electron chi connectivity index (χ1n) is 8.75. The van der Waals surface area contributed by atoms with Crippen LogP contribution in [0, 0.1) is 0 Å². The fourth-order valence-electron chi connectivity index (χ4n) is 3.06. The third-order valence-corrected chi connectivity index (χ3v) is 4.43. The summed E-state index contributed by atoms with van der Waals surface area (Å²) in [4.78, 5) is 15.3. The van der Waals surface area contributed by atoms with Gasteiger partial charge in [-0.3, -0.25) is 0 Å². The molecule has 2 heterocycles. The Bertz CT molecular complexity index is 854. The summed E-state index contributed by atoms with van der Waals surface area (Å²) in [6, 6.07) is 18.6. The zero-order valence-corrected chi connectivity index (χ0v) is 14.7. The summed E-state index contributed by atoms with van der Waals surface area (Å²) in [5.74, 6) is 1.19. The Morgan fingerprint density at radius 2 is 1.85 bits per heavy atom. The highest BCUT2D eigenvalue weighted by atomic mass is 16.5. The Morgan fingerprint density at radius 3 is 2.62 bits per heavy atom. The minimum absolute atomic E-state index is 0.388. The van der Waals surface area contributed by atoms with Gasteiger partial charge in [0.15, 0.2) is 5.82 Å². The van der Waals surface area contributed by atoms with Crippen LogP contribution in [-0.4, -0.2) is 40.8 Å². The van der Waals surface area contributed by atoms with E-state index in [4.69, 9.17) is 4.74 Å². The molecule has 1 N–H and O–H groups in total. The molecular formula is C20H21N5O. The van der Waals surface area contributed by atoms with Gasteiger partial charge in [-0.2, -0.15) is 4.98 Å². The van der Waals surface area contributed by atoms with Gasteiger partial charge in [0.05, 0.1) is 13.2 Å². The molecule has 26 heavy (non-hydrogen) atoms. The molecule has 1 aliphatic rings. The molecule has 3 aromatic rings. The molecular weight excluding hydrogens is 326 g/mol. The number of rotatable bonds is 4. The topological polar surface area (TPSA) is 63.2 Å². The van der Waals surface area contributed by atoms with E-state index in [0.717, 1.165) is 31.0 Å². The van der Waals surface area contributed by atoms with Crippen LogP contribution in [0.4, 0.5) is 17.3 Å². The second-order valence-corrected chi connectivity index (χ2v) is 6.29. The van der Waals surface area contributed by atoms with E-state index in [9.17, 15) is 0 Å². The van der Waals surface area contributed by atoms with Crippen LogP contribution in [0.3, 0.4) is 0 Å². The molecule has 0 saturated carbocycles. The molecule has 1 atom stereocenters. The second kappa shape index (κ2) is 7.49. The molecule has 1 saturated heterocycles. The van der Waals surface area contributed by atoms with Crippen LogP contribution in [0.15, 0.2) is 60.9 Å². The van der Waals surface area contributed by atoms with Crippen molar-refractivity contribution in [2.45, 2.75) is 13.0 Å². The lowest BCUT2D eigenvalue weighted by Gasteiger charge is -2.35. The van der Waals surface area contributed by atoms with Crippen molar-refractivity contribution in [3.05, 3.63) is 60.9 Å². The molecule has 0 bridgehead atoms. The van der Waals surface area contributed by atoms with Crippen molar-refractivity contribution in [2.75, 3.05) is 30.0 Å². The van der Waals surface area contributed by atoms with Gasteiger partial charge >= 0.3 is 0 Å². The highest BCUT2D eigenvalue weighted by Gasteiger charge is 2.18. The predicted octanol–water partition coefficient (Wildman–Crippen LogP) is 3.51. The maximum Gasteiger partial charge on any atom is 0.230 e. The van der Waals surface area contributed by atoms with E-state index in [0.29, 0.717) is 17.8 Å². The van der Waals surface area contributed by atoms with Crippen LogP contribution < -0.4 is 10.2 Å². The first-order chi connectivity index (χ1) is 12.8. The van der Waals surface area contributed by atoms with E-state index >= 15 is 0 Å². The summed E-state index contributed by atoms with van der Waals surface area (Å²) in [7, 11) is 0. The molecule has 0 amide bonds. The number of morpholine rings is 1. The quantitative estimate of drug-likeness (QED) is 0.779.